The van der Waals surface area contributed by atoms with E-state index in [1.807, 2.05) is 0 Å². The van der Waals surface area contributed by atoms with Gasteiger partial charge in [-0.2, -0.15) is 30.7 Å². The summed E-state index contributed by atoms with van der Waals surface area (Å²) in [6, 6.07) is 0. The third kappa shape index (κ3) is 1.89. The Kier molecular flexibility index (Phi) is 3.80. The molecule has 2 rings (SSSR count). The van der Waals surface area contributed by atoms with Gasteiger partial charge in [0.15, 0.2) is 5.78 Å². The smallest absolute Gasteiger partial charge is 0.298 e. The minimum Gasteiger partial charge on any atom is -0.298 e. The fourth-order valence-corrected chi connectivity index (χ4v) is 4.06. The van der Waals surface area contributed by atoms with Gasteiger partial charge in [-0.05, 0) is 18.8 Å². The fourth-order valence-electron chi connectivity index (χ4n) is 4.06. The highest BCUT2D eigenvalue weighted by molar-refractivity contribution is 6.11. The van der Waals surface area contributed by atoms with E-state index in [0.29, 0.717) is 0 Å². The molecule has 4 atom stereocenters. The molecule has 2 saturated carbocycles. The topological polar surface area (TPSA) is 34.1 Å². The third-order valence-electron chi connectivity index (χ3n) is 5.91. The summed E-state index contributed by atoms with van der Waals surface area (Å²) >= 11 is 0. The molecule has 0 aromatic rings. The summed E-state index contributed by atoms with van der Waals surface area (Å²) in [5.41, 5.74) is -2.41. The zero-order valence-corrected chi connectivity index (χ0v) is 12.8. The molecule has 2 bridgehead atoms. The monoisotopic (exact) mass is 360 g/mol. The minimum absolute atomic E-state index is 0.0921. The molecule has 9 heteroatoms. The largest absolute Gasteiger partial charge is 0.460 e. The zero-order valence-electron chi connectivity index (χ0n) is 12.8. The third-order valence-corrected chi connectivity index (χ3v) is 5.91. The van der Waals surface area contributed by atoms with Crippen molar-refractivity contribution in [3.05, 3.63) is 12.7 Å². The van der Waals surface area contributed by atoms with Gasteiger partial charge in [0.05, 0.1) is 5.92 Å². The summed E-state index contributed by atoms with van der Waals surface area (Å²) in [4.78, 5) is 24.3. The standard InChI is InChI=1S/C15H15F7O2/c1-4-11(2)7-5-6-12(11,3)9(23)8(7)10(24)13(16,17)14(18,19)15(20,21)22/h4,7-8H,1,5-6H2,2-3H3/t7-,8?,11-,12+/m1/s1. The number of Topliss-reactive ketones (excluding diaryl/α,β-unsaturated/α-hetero) is 2. The summed E-state index contributed by atoms with van der Waals surface area (Å²) in [5, 5.41) is 0. The lowest BCUT2D eigenvalue weighted by molar-refractivity contribution is -0.344. The van der Waals surface area contributed by atoms with Crippen LogP contribution in [-0.4, -0.2) is 29.6 Å². The van der Waals surface area contributed by atoms with Crippen molar-refractivity contribution in [2.24, 2.45) is 22.7 Å². The van der Waals surface area contributed by atoms with Crippen LogP contribution in [0.3, 0.4) is 0 Å². The predicted octanol–water partition coefficient (Wildman–Crippen LogP) is 4.20. The molecule has 0 saturated heterocycles. The lowest BCUT2D eigenvalue weighted by Crippen LogP contribution is -2.59. The van der Waals surface area contributed by atoms with Crippen molar-refractivity contribution in [3.63, 3.8) is 0 Å². The van der Waals surface area contributed by atoms with E-state index in [2.05, 4.69) is 6.58 Å². The molecule has 1 unspecified atom stereocenters. The van der Waals surface area contributed by atoms with E-state index < -0.39 is 52.3 Å². The molecule has 2 nitrogen and oxygen atoms in total. The molecular formula is C15H15F7O2. The van der Waals surface area contributed by atoms with Crippen molar-refractivity contribution >= 4 is 11.6 Å². The Morgan fingerprint density at radius 2 is 1.67 bits per heavy atom. The van der Waals surface area contributed by atoms with Gasteiger partial charge >= 0.3 is 18.0 Å². The molecule has 0 aromatic carbocycles. The second-order valence-corrected chi connectivity index (χ2v) is 6.82. The molecule has 136 valence electrons. The number of carbonyl (C=O) groups is 2. The summed E-state index contributed by atoms with van der Waals surface area (Å²) in [5.74, 6) is -19.5. The summed E-state index contributed by atoms with van der Waals surface area (Å²) < 4.78 is 90.5. The highest BCUT2D eigenvalue weighted by Gasteiger charge is 2.79. The van der Waals surface area contributed by atoms with Gasteiger partial charge in [-0.15, -0.1) is 6.58 Å². The van der Waals surface area contributed by atoms with E-state index >= 15 is 0 Å². The van der Waals surface area contributed by atoms with Crippen LogP contribution in [0.1, 0.15) is 26.7 Å². The van der Waals surface area contributed by atoms with Crippen LogP contribution in [0.4, 0.5) is 30.7 Å². The van der Waals surface area contributed by atoms with E-state index in [9.17, 15) is 40.3 Å². The first-order valence-electron chi connectivity index (χ1n) is 7.14. The van der Waals surface area contributed by atoms with Crippen molar-refractivity contribution in [1.29, 1.82) is 0 Å². The highest BCUT2D eigenvalue weighted by Crippen LogP contribution is 2.67. The summed E-state index contributed by atoms with van der Waals surface area (Å²) in [7, 11) is 0. The minimum atomic E-state index is -6.61. The molecule has 0 radical (unpaired) electrons. The van der Waals surface area contributed by atoms with Crippen molar-refractivity contribution in [2.75, 3.05) is 0 Å². The van der Waals surface area contributed by atoms with Crippen molar-refractivity contribution < 1.29 is 40.3 Å². The van der Waals surface area contributed by atoms with Crippen LogP contribution in [0.25, 0.3) is 0 Å². The molecule has 0 heterocycles. The number of alkyl halides is 7. The molecule has 0 N–H and O–H groups in total. The molecule has 2 fully saturated rings. The van der Waals surface area contributed by atoms with Gasteiger partial charge in [-0.25, -0.2) is 0 Å². The number of carbonyl (C=O) groups excluding carboxylic acids is 2. The van der Waals surface area contributed by atoms with E-state index in [4.69, 9.17) is 0 Å². The van der Waals surface area contributed by atoms with E-state index in [1.165, 1.54) is 19.9 Å². The molecule has 2 aliphatic rings. The number of ketones is 2. The molecule has 24 heavy (non-hydrogen) atoms. The predicted molar refractivity (Wildman–Crippen MR) is 68.6 cm³/mol. The summed E-state index contributed by atoms with van der Waals surface area (Å²) in [6.07, 6.45) is -5.01. The second kappa shape index (κ2) is 4.82. The SMILES string of the molecule is C=C[C@]1(C)[C@@H]2CC[C@@]1(C)C(=O)C2C(=O)C(F)(F)C(F)(F)C(F)(F)F. The van der Waals surface area contributed by atoms with E-state index in [1.54, 1.807) is 0 Å². The number of hydrogen-bond acceptors (Lipinski definition) is 2. The number of halogens is 7. The van der Waals surface area contributed by atoms with Crippen LogP contribution in [0, 0.1) is 22.7 Å². The normalized spacial score (nSPS) is 37.0. The Morgan fingerprint density at radius 1 is 1.17 bits per heavy atom. The Balaban J connectivity index is 2.49. The molecule has 0 amide bonds. The quantitative estimate of drug-likeness (QED) is 0.428. The van der Waals surface area contributed by atoms with Crippen molar-refractivity contribution in [1.82, 2.24) is 0 Å². The van der Waals surface area contributed by atoms with E-state index in [0.717, 1.165) is 0 Å². The number of fused-ring (bicyclic) bond motifs is 2. The Morgan fingerprint density at radius 3 is 2.04 bits per heavy atom. The van der Waals surface area contributed by atoms with Crippen molar-refractivity contribution in [2.45, 2.75) is 44.7 Å². The van der Waals surface area contributed by atoms with Gasteiger partial charge in [0.1, 0.15) is 0 Å². The number of allylic oxidation sites excluding steroid dienone is 1. The fraction of sp³-hybridized carbons (Fsp3) is 0.733. The molecule has 0 spiro atoms. The molecule has 0 aromatic heterocycles. The average molecular weight is 360 g/mol. The first kappa shape index (κ1) is 18.9. The van der Waals surface area contributed by atoms with Crippen molar-refractivity contribution in [3.8, 4) is 0 Å². The van der Waals surface area contributed by atoms with Crippen LogP contribution in [0.15, 0.2) is 12.7 Å². The average Bonchev–Trinajstić information content (AvgIpc) is 2.80. The Hall–Kier alpha value is -1.41. The van der Waals surface area contributed by atoms with Gasteiger partial charge in [-0.3, -0.25) is 9.59 Å². The number of hydrogen-bond donors (Lipinski definition) is 0. The van der Waals surface area contributed by atoms with Crippen LogP contribution in [-0.2, 0) is 9.59 Å². The first-order chi connectivity index (χ1) is 10.6. The number of rotatable bonds is 4. The molecule has 2 aliphatic carbocycles. The van der Waals surface area contributed by atoms with E-state index in [-0.39, 0.29) is 12.8 Å². The lowest BCUT2D eigenvalue weighted by atomic mass is 9.69. The van der Waals surface area contributed by atoms with Gasteiger partial charge in [-0.1, -0.05) is 19.9 Å². The maximum absolute atomic E-state index is 13.7. The van der Waals surface area contributed by atoms with Gasteiger partial charge in [0, 0.05) is 10.8 Å². The Labute approximate surface area is 133 Å². The van der Waals surface area contributed by atoms with Gasteiger partial charge in [0.25, 0.3) is 0 Å². The van der Waals surface area contributed by atoms with Crippen LogP contribution >= 0.6 is 0 Å². The first-order valence-corrected chi connectivity index (χ1v) is 7.14. The molecule has 0 aliphatic heterocycles. The summed E-state index contributed by atoms with van der Waals surface area (Å²) in [6.45, 7) is 6.37. The maximum Gasteiger partial charge on any atom is 0.460 e. The van der Waals surface area contributed by atoms with Crippen LogP contribution < -0.4 is 0 Å². The maximum atomic E-state index is 13.7. The van der Waals surface area contributed by atoms with Gasteiger partial charge in [0.2, 0.25) is 5.78 Å². The van der Waals surface area contributed by atoms with Crippen LogP contribution in [0.5, 0.6) is 0 Å². The van der Waals surface area contributed by atoms with Gasteiger partial charge < -0.3 is 0 Å². The highest BCUT2D eigenvalue weighted by atomic mass is 19.4. The second-order valence-electron chi connectivity index (χ2n) is 6.82. The Bertz CT molecular complexity index is 607. The molecular weight excluding hydrogens is 345 g/mol. The lowest BCUT2D eigenvalue weighted by Gasteiger charge is -2.33. The zero-order chi connectivity index (χ0) is 18.9. The van der Waals surface area contributed by atoms with Crippen LogP contribution in [0.2, 0.25) is 0 Å².